The maximum atomic E-state index is 9.65. The molecule has 1 fully saturated rings. The second-order valence-electron chi connectivity index (χ2n) is 3.69. The first kappa shape index (κ1) is 8.97. The van der Waals surface area contributed by atoms with Gasteiger partial charge in [-0.2, -0.15) is 0 Å². The van der Waals surface area contributed by atoms with Crippen LogP contribution in [0.1, 0.15) is 19.8 Å². The molecule has 0 saturated heterocycles. The molecular formula is C8H17NO2. The number of ether oxygens (including phenoxy) is 1. The van der Waals surface area contributed by atoms with Gasteiger partial charge in [-0.25, -0.2) is 0 Å². The van der Waals surface area contributed by atoms with E-state index in [4.69, 9.17) is 10.5 Å². The summed E-state index contributed by atoms with van der Waals surface area (Å²) in [7, 11) is 1.64. The van der Waals surface area contributed by atoms with E-state index in [1.807, 2.05) is 0 Å². The van der Waals surface area contributed by atoms with Crippen molar-refractivity contribution >= 4 is 0 Å². The largest absolute Gasteiger partial charge is 0.384 e. The molecule has 0 heterocycles. The summed E-state index contributed by atoms with van der Waals surface area (Å²) in [6, 6.07) is 0. The fourth-order valence-electron chi connectivity index (χ4n) is 1.91. The number of nitrogens with two attached hydrogens (primary N) is 1. The zero-order chi connectivity index (χ0) is 8.48. The average molecular weight is 159 g/mol. The van der Waals surface area contributed by atoms with Crippen molar-refractivity contribution in [2.24, 2.45) is 17.6 Å². The highest BCUT2D eigenvalue weighted by molar-refractivity contribution is 4.90. The molecule has 1 aliphatic rings. The van der Waals surface area contributed by atoms with Gasteiger partial charge in [0, 0.05) is 13.0 Å². The van der Waals surface area contributed by atoms with Crippen LogP contribution in [-0.4, -0.2) is 24.5 Å². The molecule has 3 heteroatoms. The standard InChI is InChI=1S/C8H17NO2/c1-6-3-7(5-11-2)8(9,10)4-6/h6-7,10H,3-5,9H2,1-2H3/t6-,7-,8?/m1/s1. The maximum absolute atomic E-state index is 9.65. The van der Waals surface area contributed by atoms with E-state index >= 15 is 0 Å². The molecule has 1 rings (SSSR count). The molecule has 0 aromatic carbocycles. The summed E-state index contributed by atoms with van der Waals surface area (Å²) in [5, 5.41) is 9.65. The minimum atomic E-state index is -0.991. The van der Waals surface area contributed by atoms with E-state index in [0.717, 1.165) is 6.42 Å². The van der Waals surface area contributed by atoms with Gasteiger partial charge in [0.15, 0.2) is 0 Å². The van der Waals surface area contributed by atoms with Crippen molar-refractivity contribution in [3.05, 3.63) is 0 Å². The van der Waals surface area contributed by atoms with Gasteiger partial charge in [0.05, 0.1) is 6.61 Å². The first-order valence-electron chi connectivity index (χ1n) is 4.06. The van der Waals surface area contributed by atoms with Crippen molar-refractivity contribution in [2.75, 3.05) is 13.7 Å². The minimum absolute atomic E-state index is 0.113. The number of hydrogen-bond donors (Lipinski definition) is 2. The molecule has 0 bridgehead atoms. The van der Waals surface area contributed by atoms with Gasteiger partial charge in [-0.1, -0.05) is 6.92 Å². The Hall–Kier alpha value is -0.120. The normalized spacial score (nSPS) is 44.7. The van der Waals surface area contributed by atoms with Crippen molar-refractivity contribution < 1.29 is 9.84 Å². The highest BCUT2D eigenvalue weighted by Crippen LogP contribution is 2.35. The molecule has 0 amide bonds. The van der Waals surface area contributed by atoms with Gasteiger partial charge in [0.1, 0.15) is 5.72 Å². The second-order valence-corrected chi connectivity index (χ2v) is 3.69. The SMILES string of the molecule is COC[C@H]1C[C@@H](C)CC1(N)O. The summed E-state index contributed by atoms with van der Waals surface area (Å²) in [6.45, 7) is 2.67. The molecule has 0 radical (unpaired) electrons. The molecule has 3 N–H and O–H groups in total. The van der Waals surface area contributed by atoms with Crippen molar-refractivity contribution in [3.8, 4) is 0 Å². The third-order valence-corrected chi connectivity index (χ3v) is 2.44. The summed E-state index contributed by atoms with van der Waals surface area (Å²) in [5.74, 6) is 0.632. The third-order valence-electron chi connectivity index (χ3n) is 2.44. The molecule has 3 atom stereocenters. The van der Waals surface area contributed by atoms with Crippen molar-refractivity contribution in [2.45, 2.75) is 25.5 Å². The van der Waals surface area contributed by atoms with E-state index < -0.39 is 5.72 Å². The molecule has 3 nitrogen and oxygen atoms in total. The van der Waals surface area contributed by atoms with Crippen LogP contribution in [0.5, 0.6) is 0 Å². The first-order chi connectivity index (χ1) is 5.06. The Morgan fingerprint density at radius 3 is 2.73 bits per heavy atom. The summed E-state index contributed by atoms with van der Waals surface area (Å²) in [4.78, 5) is 0. The second kappa shape index (κ2) is 3.09. The summed E-state index contributed by atoms with van der Waals surface area (Å²) >= 11 is 0. The molecule has 0 aromatic heterocycles. The Morgan fingerprint density at radius 2 is 2.36 bits per heavy atom. The molecule has 1 saturated carbocycles. The molecule has 0 spiro atoms. The summed E-state index contributed by atoms with van der Waals surface area (Å²) in [6.07, 6.45) is 1.67. The Balaban J connectivity index is 2.51. The van der Waals surface area contributed by atoms with Gasteiger partial charge < -0.3 is 15.6 Å². The van der Waals surface area contributed by atoms with Crippen LogP contribution in [0.15, 0.2) is 0 Å². The number of rotatable bonds is 2. The smallest absolute Gasteiger partial charge is 0.118 e. The van der Waals surface area contributed by atoms with Crippen LogP contribution in [-0.2, 0) is 4.74 Å². The molecule has 1 aliphatic carbocycles. The number of aliphatic hydroxyl groups is 1. The topological polar surface area (TPSA) is 55.5 Å². The van der Waals surface area contributed by atoms with Gasteiger partial charge in [0.2, 0.25) is 0 Å². The van der Waals surface area contributed by atoms with Crippen molar-refractivity contribution in [3.63, 3.8) is 0 Å². The lowest BCUT2D eigenvalue weighted by atomic mass is 10.0. The summed E-state index contributed by atoms with van der Waals surface area (Å²) in [5.41, 5.74) is 4.68. The van der Waals surface area contributed by atoms with Crippen LogP contribution in [0.3, 0.4) is 0 Å². The lowest BCUT2D eigenvalue weighted by molar-refractivity contribution is -0.0223. The monoisotopic (exact) mass is 159 g/mol. The minimum Gasteiger partial charge on any atom is -0.384 e. The zero-order valence-electron chi connectivity index (χ0n) is 7.21. The van der Waals surface area contributed by atoms with E-state index in [1.54, 1.807) is 7.11 Å². The van der Waals surface area contributed by atoms with Crippen LogP contribution < -0.4 is 5.73 Å². The van der Waals surface area contributed by atoms with Gasteiger partial charge in [-0.15, -0.1) is 0 Å². The highest BCUT2D eigenvalue weighted by Gasteiger charge is 2.41. The molecule has 66 valence electrons. The molecule has 0 aliphatic heterocycles. The lowest BCUT2D eigenvalue weighted by Crippen LogP contribution is -2.44. The van der Waals surface area contributed by atoms with Crippen molar-refractivity contribution in [1.29, 1.82) is 0 Å². The van der Waals surface area contributed by atoms with Crippen LogP contribution in [0.25, 0.3) is 0 Å². The van der Waals surface area contributed by atoms with Crippen LogP contribution in [0.2, 0.25) is 0 Å². The highest BCUT2D eigenvalue weighted by atomic mass is 16.5. The van der Waals surface area contributed by atoms with Gasteiger partial charge >= 0.3 is 0 Å². The van der Waals surface area contributed by atoms with Crippen LogP contribution >= 0.6 is 0 Å². The third kappa shape index (κ3) is 1.92. The van der Waals surface area contributed by atoms with Crippen LogP contribution in [0, 0.1) is 11.8 Å². The van der Waals surface area contributed by atoms with E-state index in [9.17, 15) is 5.11 Å². The number of hydrogen-bond acceptors (Lipinski definition) is 3. The predicted molar refractivity (Wildman–Crippen MR) is 42.9 cm³/mol. The Morgan fingerprint density at radius 1 is 1.73 bits per heavy atom. The molecular weight excluding hydrogens is 142 g/mol. The van der Waals surface area contributed by atoms with E-state index in [2.05, 4.69) is 6.92 Å². The van der Waals surface area contributed by atoms with Crippen LogP contribution in [0.4, 0.5) is 0 Å². The Bertz CT molecular complexity index is 136. The van der Waals surface area contributed by atoms with Crippen molar-refractivity contribution in [1.82, 2.24) is 0 Å². The predicted octanol–water partition coefficient (Wildman–Crippen LogP) is 0.326. The van der Waals surface area contributed by atoms with Gasteiger partial charge in [-0.05, 0) is 18.8 Å². The molecule has 1 unspecified atom stereocenters. The lowest BCUT2D eigenvalue weighted by Gasteiger charge is -2.24. The van der Waals surface area contributed by atoms with E-state index in [0.29, 0.717) is 18.9 Å². The fraction of sp³-hybridized carbons (Fsp3) is 1.00. The van der Waals surface area contributed by atoms with Gasteiger partial charge in [-0.3, -0.25) is 0 Å². The number of methoxy groups -OCH3 is 1. The maximum Gasteiger partial charge on any atom is 0.118 e. The Kier molecular flexibility index (Phi) is 2.52. The average Bonchev–Trinajstić information content (AvgIpc) is 2.07. The molecule has 0 aromatic rings. The Labute approximate surface area is 67.5 Å². The quantitative estimate of drug-likeness (QED) is 0.571. The first-order valence-corrected chi connectivity index (χ1v) is 4.06. The van der Waals surface area contributed by atoms with E-state index in [1.165, 1.54) is 0 Å². The van der Waals surface area contributed by atoms with Gasteiger partial charge in [0.25, 0.3) is 0 Å². The van der Waals surface area contributed by atoms with E-state index in [-0.39, 0.29) is 5.92 Å². The molecule has 11 heavy (non-hydrogen) atoms. The summed E-state index contributed by atoms with van der Waals surface area (Å²) < 4.78 is 4.97. The zero-order valence-corrected chi connectivity index (χ0v) is 7.21. The fourth-order valence-corrected chi connectivity index (χ4v) is 1.91.